The van der Waals surface area contributed by atoms with E-state index in [0.717, 1.165) is 18.2 Å². The van der Waals surface area contributed by atoms with Gasteiger partial charge < -0.3 is 14.9 Å². The van der Waals surface area contributed by atoms with E-state index in [4.69, 9.17) is 4.74 Å². The molecule has 0 spiro atoms. The van der Waals surface area contributed by atoms with Crippen molar-refractivity contribution in [2.75, 3.05) is 0 Å². The van der Waals surface area contributed by atoms with E-state index in [-0.39, 0.29) is 28.4 Å². The molecule has 1 aliphatic rings. The normalized spacial score (nSPS) is 13.6. The molecule has 0 aliphatic heterocycles. The number of hydrogen-bond donors (Lipinski definition) is 2. The molecular weight excluding hydrogens is 272 g/mol. The average molecular weight is 282 g/mol. The quantitative estimate of drug-likeness (QED) is 0.826. The van der Waals surface area contributed by atoms with Crippen LogP contribution in [0.5, 0.6) is 17.2 Å². The summed E-state index contributed by atoms with van der Waals surface area (Å²) in [6.45, 7) is 0. The Morgan fingerprint density at radius 1 is 0.810 bits per heavy atom. The lowest BCUT2D eigenvalue weighted by molar-refractivity contribution is 0.0942. The second-order valence-corrected chi connectivity index (χ2v) is 4.47. The third kappa shape index (κ3) is 2.14. The van der Waals surface area contributed by atoms with Crippen molar-refractivity contribution in [1.82, 2.24) is 0 Å². The lowest BCUT2D eigenvalue weighted by Gasteiger charge is -2.17. The number of carbonyl (C=O) groups is 2. The van der Waals surface area contributed by atoms with Crippen molar-refractivity contribution in [1.29, 1.82) is 0 Å². The number of fused-ring (bicyclic) bond motifs is 1. The molecule has 0 fully saturated rings. The van der Waals surface area contributed by atoms with Crippen LogP contribution in [0.1, 0.15) is 20.7 Å². The maximum absolute atomic E-state index is 12.3. The molecule has 0 amide bonds. The molecule has 2 N–H and O–H groups in total. The van der Waals surface area contributed by atoms with E-state index < -0.39 is 11.6 Å². The number of benzene rings is 2. The topological polar surface area (TPSA) is 83.8 Å². The van der Waals surface area contributed by atoms with E-state index in [2.05, 4.69) is 0 Å². The molecular formula is C16H10O5. The highest BCUT2D eigenvalue weighted by atomic mass is 16.5. The highest BCUT2D eigenvalue weighted by molar-refractivity contribution is 6.26. The molecule has 21 heavy (non-hydrogen) atoms. The van der Waals surface area contributed by atoms with Crippen LogP contribution in [-0.4, -0.2) is 21.8 Å². The summed E-state index contributed by atoms with van der Waals surface area (Å²) in [7, 11) is 0. The average Bonchev–Trinajstić information content (AvgIpc) is 2.48. The van der Waals surface area contributed by atoms with Crippen molar-refractivity contribution >= 4 is 11.6 Å². The molecule has 2 aromatic rings. The number of carbonyl (C=O) groups excluding carboxylic acids is 2. The summed E-state index contributed by atoms with van der Waals surface area (Å²) in [5.41, 5.74) is -0.450. The van der Waals surface area contributed by atoms with Crippen molar-refractivity contribution in [3.8, 4) is 17.2 Å². The van der Waals surface area contributed by atoms with Crippen LogP contribution in [0.3, 0.4) is 0 Å². The lowest BCUT2D eigenvalue weighted by Crippen LogP contribution is -2.20. The van der Waals surface area contributed by atoms with E-state index in [1.54, 1.807) is 30.3 Å². The second-order valence-electron chi connectivity index (χ2n) is 4.47. The number of rotatable bonds is 2. The highest BCUT2D eigenvalue weighted by Crippen LogP contribution is 2.35. The molecule has 5 nitrogen and oxygen atoms in total. The SMILES string of the molecule is O=C1C=C(Oc2ccccc2)C(=O)c2c(O)ccc(O)c21. The van der Waals surface area contributed by atoms with Gasteiger partial charge in [0.1, 0.15) is 17.2 Å². The molecule has 2 aromatic carbocycles. The number of ether oxygens (including phenoxy) is 1. The van der Waals surface area contributed by atoms with Gasteiger partial charge in [0, 0.05) is 6.08 Å². The van der Waals surface area contributed by atoms with E-state index in [1.807, 2.05) is 0 Å². The Morgan fingerprint density at radius 2 is 1.43 bits per heavy atom. The van der Waals surface area contributed by atoms with Crippen LogP contribution < -0.4 is 4.74 Å². The molecule has 104 valence electrons. The second kappa shape index (κ2) is 4.79. The minimum Gasteiger partial charge on any atom is -0.507 e. The van der Waals surface area contributed by atoms with Gasteiger partial charge in [0.25, 0.3) is 0 Å². The summed E-state index contributed by atoms with van der Waals surface area (Å²) in [6.07, 6.45) is 1.01. The molecule has 5 heteroatoms. The van der Waals surface area contributed by atoms with Gasteiger partial charge in [0.2, 0.25) is 5.78 Å². The summed E-state index contributed by atoms with van der Waals surface area (Å²) in [6, 6.07) is 10.8. The number of allylic oxidation sites excluding steroid dienone is 2. The molecule has 0 aromatic heterocycles. The highest BCUT2D eigenvalue weighted by Gasteiger charge is 2.32. The Morgan fingerprint density at radius 3 is 2.10 bits per heavy atom. The van der Waals surface area contributed by atoms with Gasteiger partial charge in [-0.3, -0.25) is 9.59 Å². The number of ketones is 2. The van der Waals surface area contributed by atoms with E-state index in [9.17, 15) is 19.8 Å². The predicted molar refractivity (Wildman–Crippen MR) is 73.6 cm³/mol. The van der Waals surface area contributed by atoms with Crippen LogP contribution >= 0.6 is 0 Å². The van der Waals surface area contributed by atoms with Gasteiger partial charge in [-0.25, -0.2) is 0 Å². The van der Waals surface area contributed by atoms with Crippen molar-refractivity contribution in [3.05, 3.63) is 65.4 Å². The van der Waals surface area contributed by atoms with Crippen LogP contribution in [0, 0.1) is 0 Å². The summed E-state index contributed by atoms with van der Waals surface area (Å²) < 4.78 is 5.39. The molecule has 0 atom stereocenters. The zero-order valence-corrected chi connectivity index (χ0v) is 10.7. The van der Waals surface area contributed by atoms with Gasteiger partial charge in [0.05, 0.1) is 11.1 Å². The van der Waals surface area contributed by atoms with Gasteiger partial charge in [0.15, 0.2) is 11.5 Å². The molecule has 3 rings (SSSR count). The first kappa shape index (κ1) is 12.9. The molecule has 0 unspecified atom stereocenters. The predicted octanol–water partition coefficient (Wildman–Crippen LogP) is 2.44. The molecule has 0 bridgehead atoms. The fraction of sp³-hybridized carbons (Fsp3) is 0. The number of phenols is 2. The molecule has 0 radical (unpaired) electrons. The zero-order chi connectivity index (χ0) is 15.0. The number of para-hydroxylation sites is 1. The van der Waals surface area contributed by atoms with E-state index >= 15 is 0 Å². The number of Topliss-reactive ketones (excluding diaryl/α,β-unsaturated/α-hetero) is 1. The maximum Gasteiger partial charge on any atom is 0.232 e. The number of phenolic OH excluding ortho intramolecular Hbond substituents is 2. The van der Waals surface area contributed by atoms with Crippen molar-refractivity contribution < 1.29 is 24.5 Å². The molecule has 0 saturated carbocycles. The van der Waals surface area contributed by atoms with Crippen LogP contribution in [0.4, 0.5) is 0 Å². The smallest absolute Gasteiger partial charge is 0.232 e. The van der Waals surface area contributed by atoms with Crippen LogP contribution in [0.25, 0.3) is 0 Å². The van der Waals surface area contributed by atoms with Crippen LogP contribution in [-0.2, 0) is 0 Å². The molecule has 0 saturated heterocycles. The zero-order valence-electron chi connectivity index (χ0n) is 10.7. The monoisotopic (exact) mass is 282 g/mol. The lowest BCUT2D eigenvalue weighted by atomic mass is 9.92. The standard InChI is InChI=1S/C16H10O5/c17-10-6-7-11(18)15-14(10)12(19)8-13(16(15)20)21-9-4-2-1-3-5-9/h1-8,17-18H. The Kier molecular flexibility index (Phi) is 2.95. The van der Waals surface area contributed by atoms with Crippen molar-refractivity contribution in [2.24, 2.45) is 0 Å². The largest absolute Gasteiger partial charge is 0.507 e. The molecule has 1 aliphatic carbocycles. The van der Waals surface area contributed by atoms with Gasteiger partial charge in [-0.05, 0) is 24.3 Å². The first-order chi connectivity index (χ1) is 10.1. The third-order valence-electron chi connectivity index (χ3n) is 3.09. The van der Waals surface area contributed by atoms with Gasteiger partial charge >= 0.3 is 0 Å². The van der Waals surface area contributed by atoms with Gasteiger partial charge in [-0.1, -0.05) is 18.2 Å². The first-order valence-electron chi connectivity index (χ1n) is 6.16. The fourth-order valence-corrected chi connectivity index (χ4v) is 2.13. The van der Waals surface area contributed by atoms with Crippen LogP contribution in [0.15, 0.2) is 54.3 Å². The summed E-state index contributed by atoms with van der Waals surface area (Å²) in [5.74, 6) is -1.77. The Balaban J connectivity index is 2.06. The Hall–Kier alpha value is -3.08. The summed E-state index contributed by atoms with van der Waals surface area (Å²) >= 11 is 0. The maximum atomic E-state index is 12.3. The van der Waals surface area contributed by atoms with Crippen molar-refractivity contribution in [3.63, 3.8) is 0 Å². The number of aromatic hydroxyl groups is 2. The summed E-state index contributed by atoms with van der Waals surface area (Å²) in [5, 5.41) is 19.5. The van der Waals surface area contributed by atoms with E-state index in [1.165, 1.54) is 0 Å². The van der Waals surface area contributed by atoms with Gasteiger partial charge in [-0.2, -0.15) is 0 Å². The third-order valence-corrected chi connectivity index (χ3v) is 3.09. The Labute approximate surface area is 119 Å². The van der Waals surface area contributed by atoms with Crippen LogP contribution in [0.2, 0.25) is 0 Å². The summed E-state index contributed by atoms with van der Waals surface area (Å²) in [4.78, 5) is 24.3. The molecule has 0 heterocycles. The fourth-order valence-electron chi connectivity index (χ4n) is 2.13. The minimum absolute atomic E-state index is 0.195. The first-order valence-corrected chi connectivity index (χ1v) is 6.16. The van der Waals surface area contributed by atoms with Gasteiger partial charge in [-0.15, -0.1) is 0 Å². The minimum atomic E-state index is -0.651. The van der Waals surface area contributed by atoms with E-state index in [0.29, 0.717) is 5.75 Å². The Bertz CT molecular complexity index is 775. The number of hydrogen-bond acceptors (Lipinski definition) is 5. The van der Waals surface area contributed by atoms with Crippen molar-refractivity contribution in [2.45, 2.75) is 0 Å².